The zero-order valence-electron chi connectivity index (χ0n) is 14.1. The summed E-state index contributed by atoms with van der Waals surface area (Å²) in [5, 5.41) is 13.3. The molecule has 0 radical (unpaired) electrons. The van der Waals surface area contributed by atoms with Gasteiger partial charge in [0.15, 0.2) is 0 Å². The van der Waals surface area contributed by atoms with Crippen molar-refractivity contribution in [2.75, 3.05) is 5.32 Å². The molecule has 2 aromatic carbocycles. The van der Waals surface area contributed by atoms with Gasteiger partial charge >= 0.3 is 5.97 Å². The van der Waals surface area contributed by atoms with Gasteiger partial charge in [0.2, 0.25) is 0 Å². The molecule has 3 nitrogen and oxygen atoms in total. The van der Waals surface area contributed by atoms with E-state index in [4.69, 9.17) is 11.6 Å². The quantitative estimate of drug-likeness (QED) is 0.735. The number of anilines is 1. The Hall–Kier alpha value is -2.07. The number of carboxylic acids is 1. The second kappa shape index (κ2) is 5.71. The Morgan fingerprint density at radius 2 is 2.00 bits per heavy atom. The van der Waals surface area contributed by atoms with Crippen LogP contribution in [0.3, 0.4) is 0 Å². The number of carboxylic acid groups (broad SMARTS) is 1. The number of aromatic carboxylic acids is 1. The van der Waals surface area contributed by atoms with E-state index in [0.717, 1.165) is 24.1 Å². The summed E-state index contributed by atoms with van der Waals surface area (Å²) in [6.07, 6.45) is 3.46. The molecule has 26 heavy (non-hydrogen) atoms. The van der Waals surface area contributed by atoms with Gasteiger partial charge in [0.1, 0.15) is 5.82 Å². The fourth-order valence-electron chi connectivity index (χ4n) is 5.72. The lowest BCUT2D eigenvalue weighted by Gasteiger charge is -2.43. The number of carbonyl (C=O) groups is 1. The average molecular weight is 372 g/mol. The topological polar surface area (TPSA) is 49.3 Å². The zero-order valence-corrected chi connectivity index (χ0v) is 14.8. The van der Waals surface area contributed by atoms with E-state index in [-0.39, 0.29) is 23.7 Å². The molecule has 5 heteroatoms. The Labute approximate surface area is 156 Å². The summed E-state index contributed by atoms with van der Waals surface area (Å²) in [6, 6.07) is 9.91. The Bertz CT molecular complexity index is 895. The minimum atomic E-state index is -0.910. The van der Waals surface area contributed by atoms with E-state index < -0.39 is 5.97 Å². The lowest BCUT2D eigenvalue weighted by atomic mass is 9.68. The predicted molar refractivity (Wildman–Crippen MR) is 98.2 cm³/mol. The van der Waals surface area contributed by atoms with Crippen LogP contribution in [0, 0.1) is 23.6 Å². The molecule has 2 fully saturated rings. The lowest BCUT2D eigenvalue weighted by Crippen LogP contribution is -2.36. The molecule has 0 amide bonds. The van der Waals surface area contributed by atoms with Crippen LogP contribution in [0.5, 0.6) is 0 Å². The van der Waals surface area contributed by atoms with E-state index >= 15 is 0 Å². The first kappa shape index (κ1) is 16.1. The third kappa shape index (κ3) is 2.21. The maximum atomic E-state index is 14.7. The Morgan fingerprint density at radius 1 is 1.19 bits per heavy atom. The summed E-state index contributed by atoms with van der Waals surface area (Å²) in [5.41, 5.74) is 2.85. The van der Waals surface area contributed by atoms with Crippen molar-refractivity contribution in [3.05, 3.63) is 63.9 Å². The monoisotopic (exact) mass is 371 g/mol. The van der Waals surface area contributed by atoms with E-state index in [1.54, 1.807) is 18.2 Å². The summed E-state index contributed by atoms with van der Waals surface area (Å²) in [7, 11) is 0. The molecule has 2 aromatic rings. The Balaban J connectivity index is 1.67. The second-order valence-electron chi connectivity index (χ2n) is 7.80. The van der Waals surface area contributed by atoms with Crippen molar-refractivity contribution in [2.24, 2.45) is 17.8 Å². The summed E-state index contributed by atoms with van der Waals surface area (Å²) < 4.78 is 14.7. The fourth-order valence-corrected chi connectivity index (χ4v) is 6.00. The van der Waals surface area contributed by atoms with Crippen molar-refractivity contribution in [3.8, 4) is 0 Å². The van der Waals surface area contributed by atoms with E-state index in [2.05, 4.69) is 5.32 Å². The SMILES string of the molecule is O=C(O)c1ccc2c(c1)[C@H]1[C@@H]3CC[C@@H](C3)[C@@H]1[C@@H](c1c(F)cccc1Cl)N2. The molecule has 1 heterocycles. The molecule has 2 N–H and O–H groups in total. The lowest BCUT2D eigenvalue weighted by molar-refractivity contribution is 0.0696. The van der Waals surface area contributed by atoms with Crippen molar-refractivity contribution in [1.82, 2.24) is 0 Å². The first-order valence-corrected chi connectivity index (χ1v) is 9.50. The van der Waals surface area contributed by atoms with Crippen LogP contribution in [0.15, 0.2) is 36.4 Å². The van der Waals surface area contributed by atoms with Gasteiger partial charge in [0.05, 0.1) is 11.6 Å². The van der Waals surface area contributed by atoms with E-state index in [0.29, 0.717) is 28.0 Å². The molecule has 3 aliphatic rings. The highest BCUT2D eigenvalue weighted by molar-refractivity contribution is 6.31. The molecule has 2 bridgehead atoms. The van der Waals surface area contributed by atoms with Gasteiger partial charge in [-0.15, -0.1) is 0 Å². The highest BCUT2D eigenvalue weighted by Crippen LogP contribution is 2.64. The maximum absolute atomic E-state index is 14.7. The van der Waals surface area contributed by atoms with Gasteiger partial charge in [-0.05, 0) is 78.8 Å². The zero-order chi connectivity index (χ0) is 18.0. The molecule has 134 valence electrons. The standard InChI is InChI=1S/C21H19ClFNO2/c22-14-2-1-3-15(23)19(14)20-18-11-5-4-10(8-11)17(18)13-9-12(21(25)26)6-7-16(13)24-20/h1-3,6-7,9-11,17-18,20,24H,4-5,8H2,(H,25,26)/t10-,11+,17-,18+,20+/m1/s1. The molecule has 5 rings (SSSR count). The first-order valence-electron chi connectivity index (χ1n) is 9.12. The number of benzene rings is 2. The minimum absolute atomic E-state index is 0.174. The molecule has 5 atom stereocenters. The Kier molecular flexibility index (Phi) is 3.54. The summed E-state index contributed by atoms with van der Waals surface area (Å²) >= 11 is 6.39. The van der Waals surface area contributed by atoms with Crippen molar-refractivity contribution < 1.29 is 14.3 Å². The molecule has 1 aliphatic heterocycles. The molecule has 2 aliphatic carbocycles. The number of halogens is 2. The number of fused-ring (bicyclic) bond motifs is 7. The number of rotatable bonds is 2. The van der Waals surface area contributed by atoms with Crippen LogP contribution >= 0.6 is 11.6 Å². The molecule has 0 aromatic heterocycles. The van der Waals surface area contributed by atoms with Crippen LogP contribution in [-0.4, -0.2) is 11.1 Å². The van der Waals surface area contributed by atoms with Crippen LogP contribution in [0.2, 0.25) is 5.02 Å². The van der Waals surface area contributed by atoms with Crippen LogP contribution in [0.4, 0.5) is 10.1 Å². The summed E-state index contributed by atoms with van der Waals surface area (Å²) in [5.74, 6) is 0.404. The van der Waals surface area contributed by atoms with Crippen LogP contribution in [0.25, 0.3) is 0 Å². The highest BCUT2D eigenvalue weighted by Gasteiger charge is 2.54. The van der Waals surface area contributed by atoms with Crippen LogP contribution in [-0.2, 0) is 0 Å². The van der Waals surface area contributed by atoms with E-state index in [9.17, 15) is 14.3 Å². The van der Waals surface area contributed by atoms with Crippen LogP contribution < -0.4 is 5.32 Å². The van der Waals surface area contributed by atoms with Gasteiger partial charge in [-0.2, -0.15) is 0 Å². The first-order chi connectivity index (χ1) is 12.5. The average Bonchev–Trinajstić information content (AvgIpc) is 3.23. The van der Waals surface area contributed by atoms with Crippen LogP contribution in [0.1, 0.15) is 52.7 Å². The van der Waals surface area contributed by atoms with Gasteiger partial charge in [-0.1, -0.05) is 17.7 Å². The van der Waals surface area contributed by atoms with Gasteiger partial charge in [0.25, 0.3) is 0 Å². The van der Waals surface area contributed by atoms with E-state index in [1.165, 1.54) is 12.5 Å². The largest absolute Gasteiger partial charge is 0.478 e. The highest BCUT2D eigenvalue weighted by atomic mass is 35.5. The third-order valence-electron chi connectivity index (χ3n) is 6.64. The Morgan fingerprint density at radius 3 is 2.77 bits per heavy atom. The molecular formula is C21H19ClFNO2. The van der Waals surface area contributed by atoms with Crippen molar-refractivity contribution in [1.29, 1.82) is 0 Å². The molecule has 0 spiro atoms. The van der Waals surface area contributed by atoms with E-state index in [1.807, 2.05) is 12.1 Å². The fraction of sp³-hybridized carbons (Fsp3) is 0.381. The maximum Gasteiger partial charge on any atom is 0.335 e. The van der Waals surface area contributed by atoms with Gasteiger partial charge in [-0.25, -0.2) is 9.18 Å². The molecular weight excluding hydrogens is 353 g/mol. The van der Waals surface area contributed by atoms with Crippen molar-refractivity contribution >= 4 is 23.3 Å². The number of hydrogen-bond acceptors (Lipinski definition) is 2. The van der Waals surface area contributed by atoms with Crippen molar-refractivity contribution in [2.45, 2.75) is 31.2 Å². The normalized spacial score (nSPS) is 31.2. The second-order valence-corrected chi connectivity index (χ2v) is 8.21. The van der Waals surface area contributed by atoms with Gasteiger partial charge in [-0.3, -0.25) is 0 Å². The number of nitrogens with one attached hydrogen (secondary N) is 1. The molecule has 0 unspecified atom stereocenters. The van der Waals surface area contributed by atoms with Gasteiger partial charge < -0.3 is 10.4 Å². The molecule has 2 saturated carbocycles. The summed E-state index contributed by atoms with van der Waals surface area (Å²) in [4.78, 5) is 11.4. The molecule has 0 saturated heterocycles. The smallest absolute Gasteiger partial charge is 0.335 e. The van der Waals surface area contributed by atoms with Gasteiger partial charge in [0, 0.05) is 16.3 Å². The predicted octanol–water partition coefficient (Wildman–Crippen LogP) is 5.47. The third-order valence-corrected chi connectivity index (χ3v) is 6.97. The summed E-state index contributed by atoms with van der Waals surface area (Å²) in [6.45, 7) is 0. The van der Waals surface area contributed by atoms with Crippen molar-refractivity contribution in [3.63, 3.8) is 0 Å². The number of hydrogen-bond donors (Lipinski definition) is 2. The minimum Gasteiger partial charge on any atom is -0.478 e.